The first-order valence-corrected chi connectivity index (χ1v) is 10.9. The van der Waals surface area contributed by atoms with Crippen molar-refractivity contribution in [1.29, 1.82) is 0 Å². The molecule has 0 fully saturated rings. The van der Waals surface area contributed by atoms with Gasteiger partial charge < -0.3 is 4.98 Å². The summed E-state index contributed by atoms with van der Waals surface area (Å²) >= 11 is 0. The van der Waals surface area contributed by atoms with Gasteiger partial charge in [-0.15, -0.1) is 0 Å². The number of aromatic nitrogens is 6. The molecule has 4 rings (SSSR count). The lowest BCUT2D eigenvalue weighted by Crippen LogP contribution is -2.33. The Morgan fingerprint density at radius 1 is 1.03 bits per heavy atom. The van der Waals surface area contributed by atoms with E-state index >= 15 is 0 Å². The maximum Gasteiger partial charge on any atom is 0.330 e. The van der Waals surface area contributed by atoms with Gasteiger partial charge in [0.1, 0.15) is 11.3 Å². The third kappa shape index (κ3) is 4.38. The van der Waals surface area contributed by atoms with Crippen molar-refractivity contribution in [3.05, 3.63) is 69.1 Å². The topological polar surface area (TPSA) is 101 Å². The molecule has 4 aromatic rings. The van der Waals surface area contributed by atoms with E-state index in [-0.39, 0.29) is 6.04 Å². The van der Waals surface area contributed by atoms with Gasteiger partial charge in [-0.05, 0) is 18.4 Å². The fourth-order valence-electron chi connectivity index (χ4n) is 4.01. The lowest BCUT2D eigenvalue weighted by molar-refractivity contribution is 0.411. The van der Waals surface area contributed by atoms with Crippen LogP contribution in [0, 0.1) is 0 Å². The van der Waals surface area contributed by atoms with Gasteiger partial charge in [0, 0.05) is 12.2 Å². The largest absolute Gasteiger partial charge is 0.332 e. The Morgan fingerprint density at radius 2 is 1.84 bits per heavy atom. The zero-order valence-electron chi connectivity index (χ0n) is 18.0. The molecule has 0 saturated heterocycles. The summed E-state index contributed by atoms with van der Waals surface area (Å²) in [4.78, 5) is 35.4. The molecule has 0 radical (unpaired) electrons. The molecule has 2 N–H and O–H groups in total. The van der Waals surface area contributed by atoms with Gasteiger partial charge in [-0.3, -0.25) is 19.0 Å². The number of imidazole rings is 1. The van der Waals surface area contributed by atoms with Crippen LogP contribution in [0.15, 0.2) is 52.3 Å². The van der Waals surface area contributed by atoms with Gasteiger partial charge in [0.15, 0.2) is 5.65 Å². The second-order valence-corrected chi connectivity index (χ2v) is 7.91. The lowest BCUT2D eigenvalue weighted by Gasteiger charge is -2.18. The molecular formula is C23H28N6O2. The summed E-state index contributed by atoms with van der Waals surface area (Å²) in [7, 11) is 0. The second-order valence-electron chi connectivity index (χ2n) is 7.91. The van der Waals surface area contributed by atoms with Gasteiger partial charge in [0.05, 0.1) is 18.3 Å². The number of nitrogens with one attached hydrogen (secondary N) is 2. The Labute approximate surface area is 180 Å². The van der Waals surface area contributed by atoms with Crippen molar-refractivity contribution in [3.63, 3.8) is 0 Å². The van der Waals surface area contributed by atoms with Gasteiger partial charge in [0.25, 0.3) is 5.56 Å². The Balaban J connectivity index is 1.73. The van der Waals surface area contributed by atoms with Crippen LogP contribution in [0.25, 0.3) is 22.6 Å². The van der Waals surface area contributed by atoms with Crippen molar-refractivity contribution < 1.29 is 0 Å². The molecule has 0 aliphatic carbocycles. The molecule has 0 spiro atoms. The van der Waals surface area contributed by atoms with Crippen molar-refractivity contribution >= 4 is 11.2 Å². The number of hydrogen-bond acceptors (Lipinski definition) is 4. The summed E-state index contributed by atoms with van der Waals surface area (Å²) < 4.78 is 3.49. The average molecular weight is 421 g/mol. The molecule has 1 unspecified atom stereocenters. The summed E-state index contributed by atoms with van der Waals surface area (Å²) in [5.74, 6) is 0.532. The molecule has 0 aliphatic heterocycles. The van der Waals surface area contributed by atoms with Gasteiger partial charge in [-0.1, -0.05) is 63.4 Å². The number of nitrogens with zero attached hydrogens (tertiary/aromatic N) is 4. The Morgan fingerprint density at radius 3 is 2.58 bits per heavy atom. The molecule has 0 amide bonds. The van der Waals surface area contributed by atoms with Gasteiger partial charge in [0.2, 0.25) is 0 Å². The average Bonchev–Trinajstić information content (AvgIpc) is 3.40. The first kappa shape index (κ1) is 20.8. The van der Waals surface area contributed by atoms with E-state index in [9.17, 15) is 9.59 Å². The maximum absolute atomic E-state index is 12.7. The zero-order valence-corrected chi connectivity index (χ0v) is 18.0. The minimum Gasteiger partial charge on any atom is -0.332 e. The highest BCUT2D eigenvalue weighted by atomic mass is 16.2. The van der Waals surface area contributed by atoms with Crippen LogP contribution in [0.5, 0.6) is 0 Å². The van der Waals surface area contributed by atoms with E-state index in [0.717, 1.165) is 43.2 Å². The van der Waals surface area contributed by atoms with Crippen LogP contribution in [0.2, 0.25) is 0 Å². The molecule has 0 aliphatic rings. The summed E-state index contributed by atoms with van der Waals surface area (Å²) in [6, 6.07) is 10.1. The summed E-state index contributed by atoms with van der Waals surface area (Å²) in [6.45, 7) is 4.87. The predicted molar refractivity (Wildman–Crippen MR) is 121 cm³/mol. The molecule has 1 atom stereocenters. The molecule has 31 heavy (non-hydrogen) atoms. The quantitative estimate of drug-likeness (QED) is 0.429. The molecule has 3 heterocycles. The minimum atomic E-state index is -0.447. The van der Waals surface area contributed by atoms with E-state index < -0.39 is 11.2 Å². The Hall–Kier alpha value is -3.42. The first-order valence-electron chi connectivity index (χ1n) is 10.9. The van der Waals surface area contributed by atoms with Crippen LogP contribution in [0.3, 0.4) is 0 Å². The summed E-state index contributed by atoms with van der Waals surface area (Å²) in [6.07, 6.45) is 8.36. The molecule has 162 valence electrons. The highest BCUT2D eigenvalue weighted by Gasteiger charge is 2.20. The zero-order chi connectivity index (χ0) is 21.8. The van der Waals surface area contributed by atoms with Crippen molar-refractivity contribution in [2.24, 2.45) is 0 Å². The molecule has 8 heteroatoms. The standard InChI is InChI=1S/C23H28N6O2/c1-3-5-12-18(9-4-2)29-21-19(22(30)27-23(29)31)25-20(26-21)17-13-24-28(15-17)14-16-10-7-6-8-11-16/h6-8,10-11,13,15,18H,3-5,9,12,14H2,1-2H3,(H,25,26)(H,27,30,31). The van der Waals surface area contributed by atoms with E-state index in [1.54, 1.807) is 10.8 Å². The number of benzene rings is 1. The van der Waals surface area contributed by atoms with Crippen LogP contribution >= 0.6 is 0 Å². The highest BCUT2D eigenvalue weighted by molar-refractivity contribution is 5.75. The molecular weight excluding hydrogens is 392 g/mol. The van der Waals surface area contributed by atoms with Crippen molar-refractivity contribution in [2.45, 2.75) is 58.5 Å². The van der Waals surface area contributed by atoms with Crippen LogP contribution in [0.4, 0.5) is 0 Å². The van der Waals surface area contributed by atoms with Crippen LogP contribution in [0.1, 0.15) is 57.6 Å². The van der Waals surface area contributed by atoms with Crippen molar-refractivity contribution in [2.75, 3.05) is 0 Å². The van der Waals surface area contributed by atoms with Crippen molar-refractivity contribution in [1.82, 2.24) is 29.3 Å². The SMILES string of the molecule is CCCCC(CCC)n1c(=O)[nH]c(=O)c2[nH]c(-c3cnn(Cc4ccccc4)c3)nc21. The smallest absolute Gasteiger partial charge is 0.330 e. The third-order valence-electron chi connectivity index (χ3n) is 5.55. The molecule has 3 aromatic heterocycles. The Bertz CT molecular complexity index is 1260. The number of hydrogen-bond donors (Lipinski definition) is 2. The van der Waals surface area contributed by atoms with Crippen LogP contribution in [-0.4, -0.2) is 29.3 Å². The summed E-state index contributed by atoms with van der Waals surface area (Å²) in [5, 5.41) is 4.43. The summed E-state index contributed by atoms with van der Waals surface area (Å²) in [5.41, 5.74) is 1.80. The highest BCUT2D eigenvalue weighted by Crippen LogP contribution is 2.24. The van der Waals surface area contributed by atoms with Gasteiger partial charge in [-0.2, -0.15) is 5.10 Å². The number of unbranched alkanes of at least 4 members (excludes halogenated alkanes) is 1. The van der Waals surface area contributed by atoms with Crippen molar-refractivity contribution in [3.8, 4) is 11.4 Å². The van der Waals surface area contributed by atoms with E-state index in [4.69, 9.17) is 0 Å². The number of rotatable bonds is 9. The third-order valence-corrected chi connectivity index (χ3v) is 5.55. The number of H-pyrrole nitrogens is 2. The maximum atomic E-state index is 12.7. The molecule has 0 saturated carbocycles. The van der Waals surface area contributed by atoms with Gasteiger partial charge >= 0.3 is 5.69 Å². The predicted octanol–water partition coefficient (Wildman–Crippen LogP) is 3.86. The minimum absolute atomic E-state index is 0.00811. The number of aromatic amines is 2. The van der Waals surface area contributed by atoms with E-state index in [0.29, 0.717) is 23.5 Å². The fraction of sp³-hybridized carbons (Fsp3) is 0.391. The van der Waals surface area contributed by atoms with E-state index in [1.807, 2.05) is 41.2 Å². The number of fused-ring (bicyclic) bond motifs is 1. The first-order chi connectivity index (χ1) is 15.1. The molecule has 8 nitrogen and oxygen atoms in total. The molecule has 0 bridgehead atoms. The molecule has 1 aromatic carbocycles. The Kier molecular flexibility index (Phi) is 6.16. The fourth-order valence-corrected chi connectivity index (χ4v) is 4.01. The van der Waals surface area contributed by atoms with E-state index in [2.05, 4.69) is 33.9 Å². The normalized spacial score (nSPS) is 12.5. The lowest BCUT2D eigenvalue weighted by atomic mass is 10.0. The van der Waals surface area contributed by atoms with Crippen LogP contribution in [-0.2, 0) is 6.54 Å². The monoisotopic (exact) mass is 420 g/mol. The van der Waals surface area contributed by atoms with Crippen LogP contribution < -0.4 is 11.2 Å². The second kappa shape index (κ2) is 9.16. The van der Waals surface area contributed by atoms with E-state index in [1.165, 1.54) is 0 Å². The van der Waals surface area contributed by atoms with Gasteiger partial charge in [-0.25, -0.2) is 9.78 Å².